The van der Waals surface area contributed by atoms with Gasteiger partial charge < -0.3 is 4.74 Å². The molecule has 0 aliphatic rings. The number of carbonyl (C=O) groups excluding carboxylic acids is 1. The Morgan fingerprint density at radius 1 is 1.47 bits per heavy atom. The van der Waals surface area contributed by atoms with E-state index in [2.05, 4.69) is 4.74 Å². The molecule has 1 unspecified atom stereocenters. The first kappa shape index (κ1) is 15.2. The summed E-state index contributed by atoms with van der Waals surface area (Å²) in [6.07, 6.45) is -5.13. The summed E-state index contributed by atoms with van der Waals surface area (Å²) in [7, 11) is 0. The minimum atomic E-state index is -5.13. The first-order valence-corrected chi connectivity index (χ1v) is 5.24. The molecule has 0 spiro atoms. The minimum Gasteiger partial charge on any atom is -0.398 e. The van der Waals surface area contributed by atoms with Gasteiger partial charge >= 0.3 is 12.0 Å². The molecule has 104 valence electrons. The highest BCUT2D eigenvalue weighted by molar-refractivity contribution is 6.31. The number of benzene rings is 1. The van der Waals surface area contributed by atoms with E-state index in [0.717, 1.165) is 25.1 Å². The molecule has 0 saturated carbocycles. The van der Waals surface area contributed by atoms with Crippen LogP contribution in [0.25, 0.3) is 0 Å². The highest BCUT2D eigenvalue weighted by atomic mass is 35.5. The largest absolute Gasteiger partial charge is 0.573 e. The van der Waals surface area contributed by atoms with Gasteiger partial charge in [0.15, 0.2) is 5.78 Å². The number of nitrogens with zero attached hydrogens (tertiary/aromatic N) is 1. The molecule has 19 heavy (non-hydrogen) atoms. The van der Waals surface area contributed by atoms with Crippen LogP contribution in [0.3, 0.4) is 0 Å². The lowest BCUT2D eigenvalue weighted by Crippen LogP contribution is -2.20. The predicted octanol–water partition coefficient (Wildman–Crippen LogP) is 3.36. The molecule has 1 atom stereocenters. The lowest BCUT2D eigenvalue weighted by molar-refractivity contribution is -0.388. The van der Waals surface area contributed by atoms with Gasteiger partial charge in [-0.15, -0.1) is 24.8 Å². The molecule has 0 aromatic heterocycles. The van der Waals surface area contributed by atoms with Crippen LogP contribution in [0.1, 0.15) is 17.9 Å². The van der Waals surface area contributed by atoms with Crippen molar-refractivity contribution in [1.29, 1.82) is 0 Å². The Bertz CT molecular complexity index is 518. The fourth-order valence-corrected chi connectivity index (χ4v) is 1.50. The molecule has 0 fully saturated rings. The molecule has 0 aliphatic heterocycles. The molecule has 0 heterocycles. The van der Waals surface area contributed by atoms with E-state index < -0.39 is 39.4 Å². The summed E-state index contributed by atoms with van der Waals surface area (Å²) in [5.41, 5.74) is -1.32. The Balaban J connectivity index is 3.42. The van der Waals surface area contributed by atoms with Crippen LogP contribution in [-0.2, 0) is 4.79 Å². The number of hydrogen-bond donors (Lipinski definition) is 0. The quantitative estimate of drug-likeness (QED) is 0.485. The van der Waals surface area contributed by atoms with Gasteiger partial charge in [-0.05, 0) is 6.92 Å². The van der Waals surface area contributed by atoms with E-state index in [1.54, 1.807) is 0 Å². The maximum atomic E-state index is 12.3. The van der Waals surface area contributed by atoms with E-state index in [1.807, 2.05) is 0 Å². The molecule has 9 heteroatoms. The van der Waals surface area contributed by atoms with Crippen molar-refractivity contribution in [2.75, 3.05) is 0 Å². The standard InChI is InChI=1S/C10H7ClF3NO4/c1-5(16)8(11)6-3-2-4-7(15(17)18)9(6)19-10(12,13)14/h2-4,8H,1H3. The lowest BCUT2D eigenvalue weighted by atomic mass is 10.1. The zero-order chi connectivity index (χ0) is 14.8. The van der Waals surface area contributed by atoms with Crippen LogP contribution >= 0.6 is 11.6 Å². The van der Waals surface area contributed by atoms with Gasteiger partial charge in [0, 0.05) is 11.6 Å². The van der Waals surface area contributed by atoms with Gasteiger partial charge in [0.05, 0.1) is 4.92 Å². The number of rotatable bonds is 4. The van der Waals surface area contributed by atoms with Gasteiger partial charge in [0.1, 0.15) is 5.38 Å². The number of nitro groups is 1. The zero-order valence-corrected chi connectivity index (χ0v) is 10.2. The van der Waals surface area contributed by atoms with Crippen molar-refractivity contribution in [1.82, 2.24) is 0 Å². The summed E-state index contributed by atoms with van der Waals surface area (Å²) in [5.74, 6) is -1.73. The van der Waals surface area contributed by atoms with Crippen LogP contribution in [0.15, 0.2) is 18.2 Å². The van der Waals surface area contributed by atoms with Crippen molar-refractivity contribution in [3.63, 3.8) is 0 Å². The second-order valence-electron chi connectivity index (χ2n) is 3.47. The Morgan fingerprint density at radius 2 is 2.05 bits per heavy atom. The molecular formula is C10H7ClF3NO4. The number of Topliss-reactive ketones (excluding diaryl/α,β-unsaturated/α-hetero) is 1. The normalized spacial score (nSPS) is 12.9. The van der Waals surface area contributed by atoms with Crippen molar-refractivity contribution < 1.29 is 27.6 Å². The SMILES string of the molecule is CC(=O)C(Cl)c1cccc([N+](=O)[O-])c1OC(F)(F)F. The second kappa shape index (κ2) is 5.43. The molecule has 0 aliphatic carbocycles. The monoisotopic (exact) mass is 297 g/mol. The molecule has 5 nitrogen and oxygen atoms in total. The molecular weight excluding hydrogens is 291 g/mol. The van der Waals surface area contributed by atoms with Crippen LogP contribution in [-0.4, -0.2) is 17.1 Å². The van der Waals surface area contributed by atoms with Gasteiger partial charge in [0.2, 0.25) is 5.75 Å². The Morgan fingerprint density at radius 3 is 2.47 bits per heavy atom. The van der Waals surface area contributed by atoms with E-state index in [9.17, 15) is 28.1 Å². The molecule has 0 saturated heterocycles. The second-order valence-corrected chi connectivity index (χ2v) is 3.91. The highest BCUT2D eigenvalue weighted by Crippen LogP contribution is 2.40. The van der Waals surface area contributed by atoms with E-state index in [1.165, 1.54) is 0 Å². The summed E-state index contributed by atoms with van der Waals surface area (Å²) in [6.45, 7) is 1.05. The number of ether oxygens (including phenoxy) is 1. The van der Waals surface area contributed by atoms with Gasteiger partial charge in [0.25, 0.3) is 0 Å². The van der Waals surface area contributed by atoms with E-state index in [-0.39, 0.29) is 0 Å². The summed E-state index contributed by atoms with van der Waals surface area (Å²) in [4.78, 5) is 20.7. The van der Waals surface area contributed by atoms with Crippen LogP contribution in [0.4, 0.5) is 18.9 Å². The molecule has 1 aromatic rings. The number of para-hydroxylation sites is 1. The zero-order valence-electron chi connectivity index (χ0n) is 9.40. The maximum absolute atomic E-state index is 12.3. The first-order valence-electron chi connectivity index (χ1n) is 4.81. The van der Waals surface area contributed by atoms with Gasteiger partial charge in [-0.3, -0.25) is 14.9 Å². The average molecular weight is 298 g/mol. The van der Waals surface area contributed by atoms with Crippen molar-refractivity contribution in [2.24, 2.45) is 0 Å². The van der Waals surface area contributed by atoms with Crippen molar-refractivity contribution in [2.45, 2.75) is 18.7 Å². The average Bonchev–Trinajstić information content (AvgIpc) is 2.25. The van der Waals surface area contributed by atoms with Crippen LogP contribution < -0.4 is 4.74 Å². The number of halogens is 4. The highest BCUT2D eigenvalue weighted by Gasteiger charge is 2.37. The summed E-state index contributed by atoms with van der Waals surface area (Å²) < 4.78 is 40.4. The van der Waals surface area contributed by atoms with E-state index >= 15 is 0 Å². The topological polar surface area (TPSA) is 69.4 Å². The smallest absolute Gasteiger partial charge is 0.398 e. The lowest BCUT2D eigenvalue weighted by Gasteiger charge is -2.15. The first-order chi connectivity index (χ1) is 8.63. The Kier molecular flexibility index (Phi) is 4.35. The summed E-state index contributed by atoms with van der Waals surface area (Å²) >= 11 is 5.63. The third-order valence-electron chi connectivity index (χ3n) is 2.07. The van der Waals surface area contributed by atoms with Crippen molar-refractivity contribution in [3.05, 3.63) is 33.9 Å². The number of nitro benzene ring substituents is 1. The predicted molar refractivity (Wildman–Crippen MR) is 59.1 cm³/mol. The third-order valence-corrected chi connectivity index (χ3v) is 2.61. The molecule has 0 radical (unpaired) electrons. The van der Waals surface area contributed by atoms with Crippen molar-refractivity contribution in [3.8, 4) is 5.75 Å². The fraction of sp³-hybridized carbons (Fsp3) is 0.300. The van der Waals surface area contributed by atoms with Crippen molar-refractivity contribution >= 4 is 23.1 Å². The summed E-state index contributed by atoms with van der Waals surface area (Å²) in [5, 5.41) is 9.22. The molecule has 1 aromatic carbocycles. The van der Waals surface area contributed by atoms with E-state index in [0.29, 0.717) is 0 Å². The molecule has 0 amide bonds. The minimum absolute atomic E-state index is 0.402. The van der Waals surface area contributed by atoms with Crippen LogP contribution in [0, 0.1) is 10.1 Å². The number of carbonyl (C=O) groups is 1. The Labute approximate surface area is 110 Å². The van der Waals surface area contributed by atoms with Crippen LogP contribution in [0.2, 0.25) is 0 Å². The molecule has 0 N–H and O–H groups in total. The van der Waals surface area contributed by atoms with Gasteiger partial charge in [-0.1, -0.05) is 12.1 Å². The molecule has 0 bridgehead atoms. The number of alkyl halides is 4. The Hall–Kier alpha value is -1.83. The maximum Gasteiger partial charge on any atom is 0.573 e. The van der Waals surface area contributed by atoms with Crippen LogP contribution in [0.5, 0.6) is 5.75 Å². The van der Waals surface area contributed by atoms with Gasteiger partial charge in [-0.25, -0.2) is 0 Å². The third kappa shape index (κ3) is 3.82. The number of hydrogen-bond acceptors (Lipinski definition) is 4. The summed E-state index contributed by atoms with van der Waals surface area (Å²) in [6, 6.07) is 3.01. The number of ketones is 1. The fourth-order valence-electron chi connectivity index (χ4n) is 1.33. The van der Waals surface area contributed by atoms with E-state index in [4.69, 9.17) is 11.6 Å². The molecule has 1 rings (SSSR count). The van der Waals surface area contributed by atoms with Gasteiger partial charge in [-0.2, -0.15) is 0 Å².